The summed E-state index contributed by atoms with van der Waals surface area (Å²) in [6.45, 7) is 1.06. The Kier molecular flexibility index (Phi) is 5.61. The monoisotopic (exact) mass is 359 g/mol. The zero-order valence-corrected chi connectivity index (χ0v) is 13.0. The lowest BCUT2D eigenvalue weighted by Crippen LogP contribution is -2.31. The number of benzene rings is 2. The Morgan fingerprint density at radius 2 is 1.76 bits per heavy atom. The maximum atomic E-state index is 13.4. The molecule has 0 saturated heterocycles. The van der Waals surface area contributed by atoms with E-state index in [9.17, 15) is 26.7 Å². The van der Waals surface area contributed by atoms with Gasteiger partial charge >= 0.3 is 6.18 Å². The highest BCUT2D eigenvalue weighted by atomic mass is 19.4. The van der Waals surface area contributed by atoms with Gasteiger partial charge < -0.3 is 10.1 Å². The Labute approximate surface area is 140 Å². The molecule has 2 aromatic rings. The highest BCUT2D eigenvalue weighted by Gasteiger charge is 2.30. The number of carbonyl (C=O) groups excluding carboxylic acids is 1. The zero-order chi connectivity index (χ0) is 18.6. The van der Waals surface area contributed by atoms with Gasteiger partial charge in [0.1, 0.15) is 5.82 Å². The van der Waals surface area contributed by atoms with E-state index in [-0.39, 0.29) is 5.75 Å². The minimum absolute atomic E-state index is 0.279. The third-order valence-corrected chi connectivity index (χ3v) is 3.37. The normalized spacial score (nSPS) is 12.6. The first-order valence-electron chi connectivity index (χ1n) is 7.21. The highest BCUT2D eigenvalue weighted by molar-refractivity contribution is 5.78. The van der Waals surface area contributed by atoms with Crippen LogP contribution in [0.25, 0.3) is 0 Å². The van der Waals surface area contributed by atoms with Crippen LogP contribution in [-0.4, -0.2) is 12.5 Å². The first-order chi connectivity index (χ1) is 11.7. The van der Waals surface area contributed by atoms with E-state index >= 15 is 0 Å². The second-order valence-corrected chi connectivity index (χ2v) is 5.27. The van der Waals surface area contributed by atoms with Crippen LogP contribution in [-0.2, 0) is 11.0 Å². The molecule has 8 heteroatoms. The van der Waals surface area contributed by atoms with Crippen molar-refractivity contribution in [3.63, 3.8) is 0 Å². The van der Waals surface area contributed by atoms with Gasteiger partial charge in [-0.25, -0.2) is 8.78 Å². The van der Waals surface area contributed by atoms with Gasteiger partial charge in [-0.1, -0.05) is 12.1 Å². The molecule has 1 atom stereocenters. The third kappa shape index (κ3) is 5.17. The smallest absolute Gasteiger partial charge is 0.416 e. The van der Waals surface area contributed by atoms with Gasteiger partial charge in [-0.3, -0.25) is 4.79 Å². The van der Waals surface area contributed by atoms with Crippen LogP contribution in [0.15, 0.2) is 42.5 Å². The van der Waals surface area contributed by atoms with Crippen molar-refractivity contribution in [2.24, 2.45) is 0 Å². The molecule has 3 nitrogen and oxygen atoms in total. The van der Waals surface area contributed by atoms with Gasteiger partial charge in [0.2, 0.25) is 0 Å². The van der Waals surface area contributed by atoms with Gasteiger partial charge in [-0.2, -0.15) is 13.2 Å². The molecule has 0 fully saturated rings. The predicted octanol–water partition coefficient (Wildman–Crippen LogP) is 4.24. The summed E-state index contributed by atoms with van der Waals surface area (Å²) in [7, 11) is 0. The Hall–Kier alpha value is -2.64. The molecule has 0 aliphatic rings. The minimum atomic E-state index is -4.43. The van der Waals surface area contributed by atoms with Gasteiger partial charge in [0.15, 0.2) is 18.2 Å². The molecule has 2 rings (SSSR count). The van der Waals surface area contributed by atoms with E-state index in [0.717, 1.165) is 24.3 Å². The molecule has 0 radical (unpaired) electrons. The van der Waals surface area contributed by atoms with E-state index < -0.39 is 41.9 Å². The lowest BCUT2D eigenvalue weighted by atomic mass is 10.1. The van der Waals surface area contributed by atoms with Gasteiger partial charge in [0, 0.05) is 6.07 Å². The number of hydrogen-bond donors (Lipinski definition) is 1. The van der Waals surface area contributed by atoms with Crippen molar-refractivity contribution in [2.45, 2.75) is 19.1 Å². The summed E-state index contributed by atoms with van der Waals surface area (Å²) in [5, 5.41) is 2.51. The molecule has 25 heavy (non-hydrogen) atoms. The fourth-order valence-corrected chi connectivity index (χ4v) is 2.06. The summed E-state index contributed by atoms with van der Waals surface area (Å²) in [5.41, 5.74) is -0.320. The fourth-order valence-electron chi connectivity index (χ4n) is 2.06. The van der Waals surface area contributed by atoms with Gasteiger partial charge in [-0.05, 0) is 36.8 Å². The Morgan fingerprint density at radius 1 is 1.12 bits per heavy atom. The summed E-state index contributed by atoms with van der Waals surface area (Å²) in [6.07, 6.45) is -4.43. The number of nitrogens with one attached hydrogen (secondary N) is 1. The molecular weight excluding hydrogens is 345 g/mol. The number of hydrogen-bond acceptors (Lipinski definition) is 2. The molecule has 2 aromatic carbocycles. The van der Waals surface area contributed by atoms with Crippen LogP contribution in [0.5, 0.6) is 5.75 Å². The average molecular weight is 359 g/mol. The highest BCUT2D eigenvalue weighted by Crippen LogP contribution is 2.29. The lowest BCUT2D eigenvalue weighted by molar-refractivity contribution is -0.137. The van der Waals surface area contributed by atoms with Gasteiger partial charge in [0.25, 0.3) is 5.91 Å². The van der Waals surface area contributed by atoms with E-state index in [0.29, 0.717) is 11.6 Å². The third-order valence-electron chi connectivity index (χ3n) is 3.37. The molecule has 0 aromatic heterocycles. The SMILES string of the molecule is CC(NC(=O)COc1ccc(F)cc1F)c1ccc(C(F)(F)F)cc1. The Balaban J connectivity index is 1.91. The number of alkyl halides is 3. The number of carbonyl (C=O) groups is 1. The standard InChI is InChI=1S/C17H14F5NO2/c1-10(11-2-4-12(5-3-11)17(20,21)22)23-16(24)9-25-15-7-6-13(18)8-14(15)19/h2-8,10H,9H2,1H3,(H,23,24). The van der Waals surface area contributed by atoms with Crippen LogP contribution in [0.2, 0.25) is 0 Å². The zero-order valence-electron chi connectivity index (χ0n) is 13.0. The second kappa shape index (κ2) is 7.50. The van der Waals surface area contributed by atoms with Crippen LogP contribution in [0.1, 0.15) is 24.1 Å². The quantitative estimate of drug-likeness (QED) is 0.811. The number of halogens is 5. The molecule has 0 heterocycles. The minimum Gasteiger partial charge on any atom is -0.481 e. The lowest BCUT2D eigenvalue weighted by Gasteiger charge is -2.16. The predicted molar refractivity (Wildman–Crippen MR) is 79.9 cm³/mol. The van der Waals surface area contributed by atoms with Crippen LogP contribution in [0, 0.1) is 11.6 Å². The van der Waals surface area contributed by atoms with Crippen LogP contribution in [0.4, 0.5) is 22.0 Å². The summed E-state index contributed by atoms with van der Waals surface area (Å²) in [6, 6.07) is 6.44. The first-order valence-corrected chi connectivity index (χ1v) is 7.21. The topological polar surface area (TPSA) is 38.3 Å². The maximum Gasteiger partial charge on any atom is 0.416 e. The van der Waals surface area contributed by atoms with E-state index in [1.54, 1.807) is 6.92 Å². The molecule has 0 aliphatic heterocycles. The molecule has 0 spiro atoms. The summed E-state index contributed by atoms with van der Waals surface area (Å²) in [4.78, 5) is 11.8. The fraction of sp³-hybridized carbons (Fsp3) is 0.235. The van der Waals surface area contributed by atoms with Crippen molar-refractivity contribution < 1.29 is 31.5 Å². The van der Waals surface area contributed by atoms with E-state index in [1.807, 2.05) is 0 Å². The number of rotatable bonds is 5. The van der Waals surface area contributed by atoms with Crippen molar-refractivity contribution in [3.8, 4) is 5.75 Å². The molecule has 1 amide bonds. The molecule has 0 bridgehead atoms. The Morgan fingerprint density at radius 3 is 2.32 bits per heavy atom. The van der Waals surface area contributed by atoms with Crippen molar-refractivity contribution in [1.29, 1.82) is 0 Å². The average Bonchev–Trinajstić information content (AvgIpc) is 2.53. The van der Waals surface area contributed by atoms with Crippen molar-refractivity contribution in [3.05, 3.63) is 65.2 Å². The molecular formula is C17H14F5NO2. The summed E-state index contributed by atoms with van der Waals surface area (Å²) in [5.74, 6) is -2.59. The maximum absolute atomic E-state index is 13.4. The molecule has 134 valence electrons. The van der Waals surface area contributed by atoms with Crippen molar-refractivity contribution in [2.75, 3.05) is 6.61 Å². The Bertz CT molecular complexity index is 744. The summed E-state index contributed by atoms with van der Waals surface area (Å²) < 4.78 is 68.6. The molecule has 0 aliphatic carbocycles. The summed E-state index contributed by atoms with van der Waals surface area (Å²) >= 11 is 0. The number of amides is 1. The van der Waals surface area contributed by atoms with Gasteiger partial charge in [0.05, 0.1) is 11.6 Å². The van der Waals surface area contributed by atoms with Crippen molar-refractivity contribution >= 4 is 5.91 Å². The molecule has 1 unspecified atom stereocenters. The number of ether oxygens (including phenoxy) is 1. The van der Waals surface area contributed by atoms with E-state index in [1.165, 1.54) is 12.1 Å². The van der Waals surface area contributed by atoms with Crippen LogP contribution < -0.4 is 10.1 Å². The molecule has 0 saturated carbocycles. The van der Waals surface area contributed by atoms with Crippen molar-refractivity contribution in [1.82, 2.24) is 5.32 Å². The first kappa shape index (κ1) is 18.7. The largest absolute Gasteiger partial charge is 0.481 e. The van der Waals surface area contributed by atoms with Gasteiger partial charge in [-0.15, -0.1) is 0 Å². The molecule has 1 N–H and O–H groups in total. The van der Waals surface area contributed by atoms with E-state index in [2.05, 4.69) is 5.32 Å². The van der Waals surface area contributed by atoms with Crippen LogP contribution in [0.3, 0.4) is 0 Å². The second-order valence-electron chi connectivity index (χ2n) is 5.27. The van der Waals surface area contributed by atoms with Crippen LogP contribution >= 0.6 is 0 Å². The van der Waals surface area contributed by atoms with E-state index in [4.69, 9.17) is 4.74 Å².